The normalized spacial score (nSPS) is 18.1. The van der Waals surface area contributed by atoms with Gasteiger partial charge >= 0.3 is 0 Å². The van der Waals surface area contributed by atoms with E-state index < -0.39 is 10.0 Å². The summed E-state index contributed by atoms with van der Waals surface area (Å²) in [6, 6.07) is 6.08. The van der Waals surface area contributed by atoms with E-state index in [1.807, 2.05) is 0 Å². The standard InChI is InChI=1S/C20H28N4O3S2/c1-4-15(5-2)19-22-23-20(28-19)21-18(25)16-8-10-17(11-9-16)29(26,27)24-12-6-7-14(3)13-24/h8-11,14-15H,4-7,12-13H2,1-3H3,(H,21,23,25). The Bertz CT molecular complexity index is 937. The molecule has 7 nitrogen and oxygen atoms in total. The number of piperidine rings is 1. The molecular weight excluding hydrogens is 408 g/mol. The molecule has 2 aromatic rings. The van der Waals surface area contributed by atoms with Crippen LogP contribution in [0.3, 0.4) is 0 Å². The van der Waals surface area contributed by atoms with Crippen LogP contribution >= 0.6 is 11.3 Å². The van der Waals surface area contributed by atoms with Gasteiger partial charge in [0.1, 0.15) is 5.01 Å². The van der Waals surface area contributed by atoms with Crippen LogP contribution < -0.4 is 5.32 Å². The highest BCUT2D eigenvalue weighted by Crippen LogP contribution is 2.28. The Morgan fingerprint density at radius 3 is 2.55 bits per heavy atom. The largest absolute Gasteiger partial charge is 0.296 e. The third kappa shape index (κ3) is 5.02. The Balaban J connectivity index is 1.69. The van der Waals surface area contributed by atoms with Crippen LogP contribution in [0.15, 0.2) is 29.2 Å². The highest BCUT2D eigenvalue weighted by atomic mass is 32.2. The molecule has 1 aliphatic heterocycles. The molecule has 0 radical (unpaired) electrons. The smallest absolute Gasteiger partial charge is 0.257 e. The number of amides is 1. The second-order valence-corrected chi connectivity index (χ2v) is 10.5. The molecule has 0 bridgehead atoms. The second-order valence-electron chi connectivity index (χ2n) is 7.55. The van der Waals surface area contributed by atoms with Gasteiger partial charge in [0.2, 0.25) is 15.2 Å². The third-order valence-electron chi connectivity index (χ3n) is 5.37. The maximum absolute atomic E-state index is 12.8. The molecule has 0 aliphatic carbocycles. The minimum Gasteiger partial charge on any atom is -0.296 e. The molecule has 3 rings (SSSR count). The fourth-order valence-electron chi connectivity index (χ4n) is 3.55. The summed E-state index contributed by atoms with van der Waals surface area (Å²) in [5.74, 6) is 0.383. The van der Waals surface area contributed by atoms with Gasteiger partial charge < -0.3 is 0 Å². The summed E-state index contributed by atoms with van der Waals surface area (Å²) >= 11 is 1.38. The van der Waals surface area contributed by atoms with Crippen LogP contribution in [0.25, 0.3) is 0 Å². The summed E-state index contributed by atoms with van der Waals surface area (Å²) in [6.45, 7) is 7.37. The highest BCUT2D eigenvalue weighted by molar-refractivity contribution is 7.89. The number of hydrogen-bond acceptors (Lipinski definition) is 6. The Hall–Kier alpha value is -1.84. The number of sulfonamides is 1. The number of carbonyl (C=O) groups excluding carboxylic acids is 1. The van der Waals surface area contributed by atoms with Crippen molar-refractivity contribution in [1.29, 1.82) is 0 Å². The van der Waals surface area contributed by atoms with Crippen LogP contribution in [0.2, 0.25) is 0 Å². The van der Waals surface area contributed by atoms with Gasteiger partial charge in [0.05, 0.1) is 4.90 Å². The molecule has 158 valence electrons. The summed E-state index contributed by atoms with van der Waals surface area (Å²) < 4.78 is 27.2. The van der Waals surface area contributed by atoms with E-state index in [0.29, 0.717) is 35.6 Å². The number of carbonyl (C=O) groups is 1. The van der Waals surface area contributed by atoms with E-state index in [0.717, 1.165) is 30.7 Å². The number of nitrogens with one attached hydrogen (secondary N) is 1. The Morgan fingerprint density at radius 2 is 1.93 bits per heavy atom. The quantitative estimate of drug-likeness (QED) is 0.705. The van der Waals surface area contributed by atoms with Crippen LogP contribution in [0.1, 0.15) is 67.7 Å². The highest BCUT2D eigenvalue weighted by Gasteiger charge is 2.28. The minimum atomic E-state index is -3.53. The SMILES string of the molecule is CCC(CC)c1nnc(NC(=O)c2ccc(S(=O)(=O)N3CCCC(C)C3)cc2)s1. The number of benzene rings is 1. The molecule has 29 heavy (non-hydrogen) atoms. The lowest BCUT2D eigenvalue weighted by Gasteiger charge is -2.30. The van der Waals surface area contributed by atoms with Crippen molar-refractivity contribution in [1.82, 2.24) is 14.5 Å². The maximum Gasteiger partial charge on any atom is 0.257 e. The molecule has 1 atom stereocenters. The van der Waals surface area contributed by atoms with Crippen LogP contribution in [0.5, 0.6) is 0 Å². The number of rotatable bonds is 7. The Morgan fingerprint density at radius 1 is 1.24 bits per heavy atom. The molecule has 1 fully saturated rings. The minimum absolute atomic E-state index is 0.218. The number of hydrogen-bond donors (Lipinski definition) is 1. The van der Waals surface area contributed by atoms with E-state index in [1.165, 1.54) is 27.8 Å². The molecule has 1 aliphatic rings. The molecule has 9 heteroatoms. The van der Waals surface area contributed by atoms with Gasteiger partial charge in [-0.05, 0) is 55.9 Å². The summed E-state index contributed by atoms with van der Waals surface area (Å²) in [5.41, 5.74) is 0.384. The molecule has 1 aromatic carbocycles. The molecule has 1 unspecified atom stereocenters. The number of nitrogens with zero attached hydrogens (tertiary/aromatic N) is 3. The number of aromatic nitrogens is 2. The van der Waals surface area contributed by atoms with E-state index in [9.17, 15) is 13.2 Å². The van der Waals surface area contributed by atoms with Crippen molar-refractivity contribution < 1.29 is 13.2 Å². The van der Waals surface area contributed by atoms with E-state index in [2.05, 4.69) is 36.3 Å². The van der Waals surface area contributed by atoms with Gasteiger partial charge in [-0.3, -0.25) is 10.1 Å². The maximum atomic E-state index is 12.8. The summed E-state index contributed by atoms with van der Waals surface area (Å²) in [5, 5.41) is 12.4. The predicted octanol–water partition coefficient (Wildman–Crippen LogP) is 4.11. The Kier molecular flexibility index (Phi) is 7.02. The van der Waals surface area contributed by atoms with Crippen LogP contribution in [-0.4, -0.2) is 41.9 Å². The zero-order chi connectivity index (χ0) is 21.0. The van der Waals surface area contributed by atoms with Crippen molar-refractivity contribution >= 4 is 32.4 Å². The van der Waals surface area contributed by atoms with Gasteiger partial charge in [-0.15, -0.1) is 10.2 Å². The summed E-state index contributed by atoms with van der Waals surface area (Å²) in [6.07, 6.45) is 3.88. The molecule has 1 N–H and O–H groups in total. The van der Waals surface area contributed by atoms with Crippen molar-refractivity contribution in [2.45, 2.75) is 57.3 Å². The lowest BCUT2D eigenvalue weighted by atomic mass is 10.0. The van der Waals surface area contributed by atoms with Crippen LogP contribution in [0.4, 0.5) is 5.13 Å². The van der Waals surface area contributed by atoms with Crippen molar-refractivity contribution in [2.75, 3.05) is 18.4 Å². The topological polar surface area (TPSA) is 92.3 Å². The monoisotopic (exact) mass is 436 g/mol. The average molecular weight is 437 g/mol. The molecule has 0 saturated carbocycles. The van der Waals surface area contributed by atoms with E-state index in [-0.39, 0.29) is 10.8 Å². The van der Waals surface area contributed by atoms with Crippen molar-refractivity contribution in [3.8, 4) is 0 Å². The van der Waals surface area contributed by atoms with Gasteiger partial charge in [0.25, 0.3) is 5.91 Å². The van der Waals surface area contributed by atoms with Crippen molar-refractivity contribution in [2.24, 2.45) is 5.92 Å². The fraction of sp³-hybridized carbons (Fsp3) is 0.550. The summed E-state index contributed by atoms with van der Waals surface area (Å²) in [4.78, 5) is 12.7. The molecule has 1 aromatic heterocycles. The Labute approximate surface area is 176 Å². The first-order valence-corrected chi connectivity index (χ1v) is 12.4. The van der Waals surface area contributed by atoms with Crippen molar-refractivity contribution in [3.05, 3.63) is 34.8 Å². The molecule has 1 amide bonds. The van der Waals surface area contributed by atoms with E-state index >= 15 is 0 Å². The first kappa shape index (κ1) is 21.9. The van der Waals surface area contributed by atoms with Gasteiger partial charge in [-0.2, -0.15) is 4.31 Å². The predicted molar refractivity (Wildman–Crippen MR) is 115 cm³/mol. The lowest BCUT2D eigenvalue weighted by molar-refractivity contribution is 0.102. The van der Waals surface area contributed by atoms with E-state index in [1.54, 1.807) is 12.1 Å². The third-order valence-corrected chi connectivity index (χ3v) is 8.25. The summed E-state index contributed by atoms with van der Waals surface area (Å²) in [7, 11) is -3.53. The van der Waals surface area contributed by atoms with Crippen LogP contribution in [-0.2, 0) is 10.0 Å². The lowest BCUT2D eigenvalue weighted by Crippen LogP contribution is -2.39. The molecule has 0 spiro atoms. The molecule has 2 heterocycles. The zero-order valence-electron chi connectivity index (χ0n) is 17.1. The van der Waals surface area contributed by atoms with Gasteiger partial charge in [-0.1, -0.05) is 32.1 Å². The fourth-order valence-corrected chi connectivity index (χ4v) is 6.15. The number of anilines is 1. The average Bonchev–Trinajstić information content (AvgIpc) is 3.17. The first-order valence-electron chi connectivity index (χ1n) is 10.1. The van der Waals surface area contributed by atoms with Gasteiger partial charge in [0, 0.05) is 24.6 Å². The zero-order valence-corrected chi connectivity index (χ0v) is 18.7. The molecular formula is C20H28N4O3S2. The van der Waals surface area contributed by atoms with Crippen LogP contribution in [0, 0.1) is 5.92 Å². The molecule has 1 saturated heterocycles. The van der Waals surface area contributed by atoms with Crippen molar-refractivity contribution in [3.63, 3.8) is 0 Å². The van der Waals surface area contributed by atoms with E-state index in [4.69, 9.17) is 0 Å². The van der Waals surface area contributed by atoms with Gasteiger partial charge in [0.15, 0.2) is 0 Å². The second kappa shape index (κ2) is 9.32. The first-order chi connectivity index (χ1) is 13.8. The van der Waals surface area contributed by atoms with Gasteiger partial charge in [-0.25, -0.2) is 8.42 Å².